The minimum atomic E-state index is -5.37. The number of amides is 1. The van der Waals surface area contributed by atoms with Gasteiger partial charge in [-0.25, -0.2) is 13.6 Å². The number of hydrogen-bond donors (Lipinski definition) is 3. The van der Waals surface area contributed by atoms with E-state index in [4.69, 9.17) is 4.74 Å². The molecule has 3 N–H and O–H groups in total. The molecule has 15 heteroatoms. The zero-order chi connectivity index (χ0) is 32.8. The predicted octanol–water partition coefficient (Wildman–Crippen LogP) is 5.83. The number of aliphatic hydroxyl groups excluding tert-OH is 1. The van der Waals surface area contributed by atoms with E-state index in [1.807, 2.05) is 0 Å². The lowest BCUT2D eigenvalue weighted by molar-refractivity contribution is -0.143. The van der Waals surface area contributed by atoms with Crippen LogP contribution in [0.1, 0.15) is 37.0 Å². The van der Waals surface area contributed by atoms with Gasteiger partial charge < -0.3 is 20.5 Å². The summed E-state index contributed by atoms with van der Waals surface area (Å²) in [6.45, 7) is 3.27. The maximum atomic E-state index is 14.3. The van der Waals surface area contributed by atoms with Crippen molar-refractivity contribution in [3.8, 4) is 5.75 Å². The van der Waals surface area contributed by atoms with E-state index >= 15 is 0 Å². The second kappa shape index (κ2) is 14.6. The number of likely N-dealkylation sites (tertiary alicyclic amines) is 1. The third-order valence-electron chi connectivity index (χ3n) is 6.76. The first kappa shape index (κ1) is 35.1. The average molecular weight is 639 g/mol. The van der Waals surface area contributed by atoms with E-state index in [9.17, 15) is 45.0 Å². The van der Waals surface area contributed by atoms with Gasteiger partial charge in [-0.15, -0.1) is 0 Å². The number of anilines is 1. The zero-order valence-corrected chi connectivity index (χ0v) is 24.2. The van der Waals surface area contributed by atoms with Crippen LogP contribution in [0.2, 0.25) is 0 Å². The van der Waals surface area contributed by atoms with Crippen LogP contribution in [0.15, 0.2) is 42.6 Å². The Morgan fingerprint density at radius 1 is 1.14 bits per heavy atom. The fourth-order valence-electron chi connectivity index (χ4n) is 4.75. The van der Waals surface area contributed by atoms with Crippen LogP contribution in [0, 0.1) is 5.82 Å². The SMILES string of the molecule is CNC/C(=C\NCC(O)CN1CCC(F)C1)c1cc(C(F)(F)F)cc(C(F)(F)F)c1OC(=O)N(c1ccc(F)cc1)C(C)C. The lowest BCUT2D eigenvalue weighted by Gasteiger charge is -2.28. The number of nitrogens with zero attached hydrogens (tertiary/aromatic N) is 2. The van der Waals surface area contributed by atoms with Crippen LogP contribution in [-0.4, -0.2) is 74.2 Å². The second-order valence-corrected chi connectivity index (χ2v) is 10.6. The van der Waals surface area contributed by atoms with Crippen LogP contribution in [0.5, 0.6) is 5.75 Å². The number of likely N-dealkylation sites (N-methyl/N-ethyl adjacent to an activating group) is 1. The molecule has 1 heterocycles. The Morgan fingerprint density at radius 3 is 2.32 bits per heavy atom. The Kier molecular flexibility index (Phi) is 11.6. The molecule has 44 heavy (non-hydrogen) atoms. The fourth-order valence-corrected chi connectivity index (χ4v) is 4.75. The second-order valence-electron chi connectivity index (χ2n) is 10.6. The van der Waals surface area contributed by atoms with E-state index < -0.39 is 65.0 Å². The fraction of sp³-hybridized carbons (Fsp3) is 0.483. The molecule has 0 bridgehead atoms. The largest absolute Gasteiger partial charge is 0.420 e. The van der Waals surface area contributed by atoms with Crippen molar-refractivity contribution in [3.05, 3.63) is 65.1 Å². The van der Waals surface area contributed by atoms with Crippen molar-refractivity contribution < 1.29 is 49.8 Å². The van der Waals surface area contributed by atoms with Crippen molar-refractivity contribution in [2.24, 2.45) is 0 Å². The number of nitrogens with one attached hydrogen (secondary N) is 2. The Morgan fingerprint density at radius 2 is 1.80 bits per heavy atom. The molecule has 2 atom stereocenters. The first-order chi connectivity index (χ1) is 20.5. The van der Waals surface area contributed by atoms with Gasteiger partial charge in [0.2, 0.25) is 0 Å². The molecule has 244 valence electrons. The number of rotatable bonds is 11. The molecule has 3 rings (SSSR count). The van der Waals surface area contributed by atoms with Gasteiger partial charge in [0.15, 0.2) is 5.75 Å². The Hall–Kier alpha value is -3.43. The zero-order valence-electron chi connectivity index (χ0n) is 24.2. The monoisotopic (exact) mass is 638 g/mol. The first-order valence-electron chi connectivity index (χ1n) is 13.7. The number of β-amino-alcohol motifs (C(OH)–C–C–N with tert-alkyl or cyclic N) is 1. The third kappa shape index (κ3) is 9.29. The van der Waals surface area contributed by atoms with Gasteiger partial charge in [0, 0.05) is 56.2 Å². The van der Waals surface area contributed by atoms with Crippen LogP contribution in [0.25, 0.3) is 5.57 Å². The van der Waals surface area contributed by atoms with Crippen LogP contribution >= 0.6 is 0 Å². The van der Waals surface area contributed by atoms with Gasteiger partial charge >= 0.3 is 18.4 Å². The summed E-state index contributed by atoms with van der Waals surface area (Å²) in [6, 6.07) is 4.05. The minimum absolute atomic E-state index is 0.0761. The summed E-state index contributed by atoms with van der Waals surface area (Å²) in [5.41, 5.74) is -4.22. The van der Waals surface area contributed by atoms with E-state index in [0.29, 0.717) is 19.0 Å². The van der Waals surface area contributed by atoms with Crippen molar-refractivity contribution in [2.45, 2.75) is 50.9 Å². The van der Waals surface area contributed by atoms with Gasteiger partial charge in [0.1, 0.15) is 12.0 Å². The van der Waals surface area contributed by atoms with Crippen LogP contribution in [0.4, 0.5) is 45.6 Å². The van der Waals surface area contributed by atoms with Crippen molar-refractivity contribution in [2.75, 3.05) is 44.7 Å². The molecular weight excluding hydrogens is 604 g/mol. The molecule has 2 aromatic rings. The van der Waals surface area contributed by atoms with Crippen molar-refractivity contribution in [1.82, 2.24) is 15.5 Å². The average Bonchev–Trinajstić information content (AvgIpc) is 3.32. The molecule has 1 fully saturated rings. The Labute approximate surface area is 249 Å². The summed E-state index contributed by atoms with van der Waals surface area (Å²) >= 11 is 0. The van der Waals surface area contributed by atoms with E-state index in [1.165, 1.54) is 33.0 Å². The van der Waals surface area contributed by atoms with Crippen molar-refractivity contribution >= 4 is 17.4 Å². The van der Waals surface area contributed by atoms with Crippen molar-refractivity contribution in [1.29, 1.82) is 0 Å². The summed E-state index contributed by atoms with van der Waals surface area (Å²) in [6.07, 6.45) is -12.5. The quantitative estimate of drug-likeness (QED) is 0.269. The number of alkyl halides is 7. The maximum absolute atomic E-state index is 14.3. The molecule has 0 spiro atoms. The van der Waals surface area contributed by atoms with Gasteiger partial charge in [0.05, 0.1) is 17.2 Å². The number of ether oxygens (including phenoxy) is 1. The Balaban J connectivity index is 2.06. The molecule has 2 unspecified atom stereocenters. The van der Waals surface area contributed by atoms with E-state index in [-0.39, 0.29) is 43.5 Å². The highest BCUT2D eigenvalue weighted by Gasteiger charge is 2.42. The first-order valence-corrected chi connectivity index (χ1v) is 13.7. The molecule has 0 aromatic heterocycles. The molecule has 1 amide bonds. The van der Waals surface area contributed by atoms with Crippen LogP contribution in [0.3, 0.4) is 0 Å². The highest BCUT2D eigenvalue weighted by molar-refractivity contribution is 5.91. The highest BCUT2D eigenvalue weighted by atomic mass is 19.4. The summed E-state index contributed by atoms with van der Waals surface area (Å²) in [7, 11) is 1.41. The van der Waals surface area contributed by atoms with Crippen LogP contribution in [-0.2, 0) is 12.4 Å². The molecular formula is C29H34F8N4O3. The smallest absolute Gasteiger partial charge is 0.409 e. The molecule has 1 saturated heterocycles. The Bertz CT molecular complexity index is 1300. The molecule has 0 aliphatic carbocycles. The van der Waals surface area contributed by atoms with Gasteiger partial charge in [0.25, 0.3) is 0 Å². The topological polar surface area (TPSA) is 77.1 Å². The predicted molar refractivity (Wildman–Crippen MR) is 148 cm³/mol. The normalized spacial score (nSPS) is 17.2. The number of carbonyl (C=O) groups excluding carboxylic acids is 1. The molecule has 0 saturated carbocycles. The summed E-state index contributed by atoms with van der Waals surface area (Å²) in [5.74, 6) is -1.81. The number of halogens is 8. The number of hydrogen-bond acceptors (Lipinski definition) is 6. The summed E-state index contributed by atoms with van der Waals surface area (Å²) < 4.78 is 116. The van der Waals surface area contributed by atoms with Crippen molar-refractivity contribution in [3.63, 3.8) is 0 Å². The summed E-state index contributed by atoms with van der Waals surface area (Å²) in [5, 5.41) is 15.7. The molecule has 1 aliphatic heterocycles. The highest BCUT2D eigenvalue weighted by Crippen LogP contribution is 2.45. The number of carbonyl (C=O) groups is 1. The minimum Gasteiger partial charge on any atom is -0.409 e. The third-order valence-corrected chi connectivity index (χ3v) is 6.76. The maximum Gasteiger partial charge on any atom is 0.420 e. The molecule has 2 aromatic carbocycles. The van der Waals surface area contributed by atoms with Gasteiger partial charge in [-0.1, -0.05) is 0 Å². The van der Waals surface area contributed by atoms with Gasteiger partial charge in [-0.2, -0.15) is 26.3 Å². The van der Waals surface area contributed by atoms with Gasteiger partial charge in [-0.3, -0.25) is 9.80 Å². The van der Waals surface area contributed by atoms with Crippen LogP contribution < -0.4 is 20.3 Å². The number of benzene rings is 2. The number of aliphatic hydroxyl groups is 1. The molecule has 1 aliphatic rings. The lowest BCUT2D eigenvalue weighted by atomic mass is 9.97. The molecule has 7 nitrogen and oxygen atoms in total. The summed E-state index contributed by atoms with van der Waals surface area (Å²) in [4.78, 5) is 15.9. The van der Waals surface area contributed by atoms with E-state index in [0.717, 1.165) is 23.2 Å². The lowest BCUT2D eigenvalue weighted by Crippen LogP contribution is -2.39. The van der Waals surface area contributed by atoms with E-state index in [1.54, 1.807) is 4.90 Å². The standard InChI is InChI=1S/C29H34F8N4O3/c1-17(2)41(22-6-4-20(30)5-7-22)27(43)44-26-24(10-19(28(32,33)34)11-25(26)29(35,36)37)18(12-38-3)13-39-14-23(42)16-40-9-8-21(31)15-40/h4-7,10-11,13,17,21,23,38-39,42H,8-9,12,14-16H2,1-3H3/b18-13+. The van der Waals surface area contributed by atoms with Gasteiger partial charge in [-0.05, 0) is 69.3 Å². The molecule has 0 radical (unpaired) electrons. The van der Waals surface area contributed by atoms with E-state index in [2.05, 4.69) is 10.6 Å².